The van der Waals surface area contributed by atoms with Crippen LogP contribution in [0.1, 0.15) is 5.56 Å². The van der Waals surface area contributed by atoms with Crippen molar-refractivity contribution in [2.24, 2.45) is 0 Å². The molecule has 0 aromatic carbocycles. The van der Waals surface area contributed by atoms with Crippen LogP contribution in [0, 0.1) is 11.3 Å². The Morgan fingerprint density at radius 1 is 1.40 bits per heavy atom. The van der Waals surface area contributed by atoms with Gasteiger partial charge in [0.1, 0.15) is 11.6 Å². The first kappa shape index (κ1) is 12.1. The monoisotopic (exact) mass is 262 g/mol. The Kier molecular flexibility index (Phi) is 4.15. The Hall–Kier alpha value is -1.02. The summed E-state index contributed by atoms with van der Waals surface area (Å²) in [5.41, 5.74) is 0.0496. The van der Waals surface area contributed by atoms with Gasteiger partial charge >= 0.3 is 0 Å². The molecule has 0 spiro atoms. The second-order valence-electron chi connectivity index (χ2n) is 2.49. The van der Waals surface area contributed by atoms with Crippen LogP contribution >= 0.6 is 34.8 Å². The zero-order valence-corrected chi connectivity index (χ0v) is 9.66. The van der Waals surface area contributed by atoms with Crippen molar-refractivity contribution in [2.45, 2.75) is 0 Å². The fraction of sp³-hybridized carbons (Fsp3) is 0.125. The van der Waals surface area contributed by atoms with Gasteiger partial charge in [-0.2, -0.15) is 15.2 Å². The zero-order chi connectivity index (χ0) is 11.4. The smallest absolute Gasteiger partial charge is 0.225 e. The summed E-state index contributed by atoms with van der Waals surface area (Å²) in [7, 11) is 0. The van der Waals surface area contributed by atoms with Crippen LogP contribution < -0.4 is 5.32 Å². The summed E-state index contributed by atoms with van der Waals surface area (Å²) in [6.45, 7) is 3.77. The van der Waals surface area contributed by atoms with Crippen molar-refractivity contribution in [3.63, 3.8) is 0 Å². The molecule has 0 unspecified atom stereocenters. The zero-order valence-electron chi connectivity index (χ0n) is 7.39. The largest absolute Gasteiger partial charge is 0.349 e. The Morgan fingerprint density at radius 3 is 2.33 bits per heavy atom. The van der Waals surface area contributed by atoms with Gasteiger partial charge in [0.05, 0.1) is 6.54 Å². The quantitative estimate of drug-likeness (QED) is 0.852. The van der Waals surface area contributed by atoms with Crippen molar-refractivity contribution in [1.29, 1.82) is 5.26 Å². The minimum Gasteiger partial charge on any atom is -0.349 e. The maximum atomic E-state index is 8.65. The van der Waals surface area contributed by atoms with E-state index in [9.17, 15) is 0 Å². The van der Waals surface area contributed by atoms with E-state index in [1.165, 1.54) is 0 Å². The highest BCUT2D eigenvalue weighted by Crippen LogP contribution is 2.21. The molecule has 0 bridgehead atoms. The van der Waals surface area contributed by atoms with E-state index in [2.05, 4.69) is 21.9 Å². The van der Waals surface area contributed by atoms with Crippen molar-refractivity contribution in [1.82, 2.24) is 9.97 Å². The molecule has 0 radical (unpaired) electrons. The molecule has 0 fully saturated rings. The molecule has 7 heteroatoms. The van der Waals surface area contributed by atoms with Crippen molar-refractivity contribution in [3.05, 3.63) is 27.5 Å². The fourth-order valence-electron chi connectivity index (χ4n) is 0.754. The van der Waals surface area contributed by atoms with E-state index in [-0.39, 0.29) is 21.8 Å². The number of anilines is 1. The molecule has 1 aromatic rings. The van der Waals surface area contributed by atoms with Gasteiger partial charge in [0, 0.05) is 5.03 Å². The van der Waals surface area contributed by atoms with Gasteiger partial charge in [0.15, 0.2) is 10.3 Å². The fourth-order valence-corrected chi connectivity index (χ4v) is 1.29. The average molecular weight is 264 g/mol. The van der Waals surface area contributed by atoms with Crippen molar-refractivity contribution < 1.29 is 0 Å². The number of hydrogen-bond acceptors (Lipinski definition) is 4. The Bertz CT molecular complexity index is 415. The Balaban J connectivity index is 2.95. The maximum absolute atomic E-state index is 8.65. The molecule has 0 saturated heterocycles. The van der Waals surface area contributed by atoms with Gasteiger partial charge in [-0.1, -0.05) is 41.4 Å². The first-order valence-corrected chi connectivity index (χ1v) is 4.88. The third kappa shape index (κ3) is 3.24. The van der Waals surface area contributed by atoms with Crippen LogP contribution in [0.5, 0.6) is 0 Å². The maximum Gasteiger partial charge on any atom is 0.225 e. The van der Waals surface area contributed by atoms with E-state index < -0.39 is 0 Å². The molecule has 0 aliphatic heterocycles. The van der Waals surface area contributed by atoms with Gasteiger partial charge in [0.2, 0.25) is 5.95 Å². The summed E-state index contributed by atoms with van der Waals surface area (Å²) in [4.78, 5) is 7.63. The van der Waals surface area contributed by atoms with Crippen LogP contribution in [0.15, 0.2) is 11.6 Å². The second-order valence-corrected chi connectivity index (χ2v) is 3.74. The minimum absolute atomic E-state index is 0.000171. The van der Waals surface area contributed by atoms with Crippen molar-refractivity contribution >= 4 is 40.8 Å². The standard InChI is InChI=1S/C8H5Cl3N4/c1-4(9)3-13-8-14-6(10)5(2-12)7(11)15-8/h1,3H2,(H,13,14,15). The van der Waals surface area contributed by atoms with Gasteiger partial charge in [-0.05, 0) is 0 Å². The van der Waals surface area contributed by atoms with E-state index in [0.29, 0.717) is 11.6 Å². The lowest BCUT2D eigenvalue weighted by atomic mass is 10.4. The summed E-state index contributed by atoms with van der Waals surface area (Å²) in [5, 5.41) is 11.8. The summed E-state index contributed by atoms with van der Waals surface area (Å²) in [6, 6.07) is 1.80. The Morgan fingerprint density at radius 2 is 1.93 bits per heavy atom. The predicted molar refractivity (Wildman–Crippen MR) is 60.2 cm³/mol. The lowest BCUT2D eigenvalue weighted by molar-refractivity contribution is 1.11. The molecule has 1 N–H and O–H groups in total. The number of rotatable bonds is 3. The highest BCUT2D eigenvalue weighted by molar-refractivity contribution is 6.35. The van der Waals surface area contributed by atoms with Gasteiger partial charge in [-0.25, -0.2) is 0 Å². The summed E-state index contributed by atoms with van der Waals surface area (Å²) >= 11 is 16.9. The first-order valence-electron chi connectivity index (χ1n) is 3.75. The molecule has 78 valence electrons. The Labute approximate surface area is 101 Å². The van der Waals surface area contributed by atoms with E-state index in [4.69, 9.17) is 40.1 Å². The molecule has 4 nitrogen and oxygen atoms in total. The third-order valence-electron chi connectivity index (χ3n) is 1.37. The number of nitrogens with one attached hydrogen (secondary N) is 1. The van der Waals surface area contributed by atoms with Gasteiger partial charge < -0.3 is 5.32 Å². The second kappa shape index (κ2) is 5.17. The van der Waals surface area contributed by atoms with E-state index >= 15 is 0 Å². The van der Waals surface area contributed by atoms with Crippen molar-refractivity contribution in [3.8, 4) is 6.07 Å². The molecular weight excluding hydrogens is 258 g/mol. The highest BCUT2D eigenvalue weighted by Gasteiger charge is 2.10. The predicted octanol–water partition coefficient (Wildman–Crippen LogP) is 2.82. The summed E-state index contributed by atoms with van der Waals surface area (Å²) < 4.78 is 0. The highest BCUT2D eigenvalue weighted by atomic mass is 35.5. The lowest BCUT2D eigenvalue weighted by Crippen LogP contribution is -2.06. The van der Waals surface area contributed by atoms with E-state index in [1.807, 2.05) is 0 Å². The van der Waals surface area contributed by atoms with E-state index in [1.54, 1.807) is 6.07 Å². The number of nitriles is 1. The molecule has 1 heterocycles. The molecule has 1 aromatic heterocycles. The molecular formula is C8H5Cl3N4. The SMILES string of the molecule is C=C(Cl)CNc1nc(Cl)c(C#N)c(Cl)n1. The normalized spacial score (nSPS) is 9.47. The lowest BCUT2D eigenvalue weighted by Gasteiger charge is -2.04. The van der Waals surface area contributed by atoms with Crippen LogP contribution in [-0.4, -0.2) is 16.5 Å². The summed E-state index contributed by atoms with van der Waals surface area (Å²) in [6.07, 6.45) is 0. The average Bonchev–Trinajstić information content (AvgIpc) is 2.14. The third-order valence-corrected chi connectivity index (χ3v) is 2.05. The molecule has 0 atom stereocenters. The van der Waals surface area contributed by atoms with Crippen LogP contribution in [0.25, 0.3) is 0 Å². The molecule has 0 aliphatic carbocycles. The van der Waals surface area contributed by atoms with Crippen LogP contribution in [-0.2, 0) is 0 Å². The molecule has 15 heavy (non-hydrogen) atoms. The van der Waals surface area contributed by atoms with Crippen molar-refractivity contribution in [2.75, 3.05) is 11.9 Å². The summed E-state index contributed by atoms with van der Waals surface area (Å²) in [5.74, 6) is 0.200. The van der Waals surface area contributed by atoms with Crippen LogP contribution in [0.3, 0.4) is 0 Å². The van der Waals surface area contributed by atoms with Gasteiger partial charge in [-0.15, -0.1) is 0 Å². The number of hydrogen-bond donors (Lipinski definition) is 1. The molecule has 1 rings (SSSR count). The van der Waals surface area contributed by atoms with Gasteiger partial charge in [-0.3, -0.25) is 0 Å². The number of nitrogens with zero attached hydrogens (tertiary/aromatic N) is 3. The topological polar surface area (TPSA) is 61.6 Å². The molecule has 0 saturated carbocycles. The minimum atomic E-state index is 0.000171. The van der Waals surface area contributed by atoms with E-state index in [0.717, 1.165) is 0 Å². The number of aromatic nitrogens is 2. The molecule has 0 aliphatic rings. The number of halogens is 3. The molecule has 0 amide bonds. The van der Waals surface area contributed by atoms with Crippen LogP contribution in [0.2, 0.25) is 10.3 Å². The first-order chi connectivity index (χ1) is 7.04. The van der Waals surface area contributed by atoms with Gasteiger partial charge in [0.25, 0.3) is 0 Å². The van der Waals surface area contributed by atoms with Crippen LogP contribution in [0.4, 0.5) is 5.95 Å².